The van der Waals surface area contributed by atoms with Gasteiger partial charge in [0, 0.05) is 19.1 Å². The summed E-state index contributed by atoms with van der Waals surface area (Å²) in [5.41, 5.74) is 0. The summed E-state index contributed by atoms with van der Waals surface area (Å²) in [5.74, 6) is 0. The molecule has 2 fully saturated rings. The zero-order valence-electron chi connectivity index (χ0n) is 12.2. The average molecular weight is 254 g/mol. The van der Waals surface area contributed by atoms with Crippen molar-refractivity contribution in [2.45, 2.75) is 64.8 Å². The zero-order valence-corrected chi connectivity index (χ0v) is 12.2. The Hall–Kier alpha value is -0.570. The van der Waals surface area contributed by atoms with Crippen molar-refractivity contribution in [3.05, 3.63) is 0 Å². The van der Waals surface area contributed by atoms with Crippen LogP contribution >= 0.6 is 0 Å². The Labute approximate surface area is 113 Å². The van der Waals surface area contributed by atoms with Crippen LogP contribution in [-0.4, -0.2) is 48.4 Å². The molecular formula is C15H30N2O. The van der Waals surface area contributed by atoms with Gasteiger partial charge in [-0.3, -0.25) is 4.79 Å². The molecule has 0 saturated carbocycles. The topological polar surface area (TPSA) is 23.6 Å². The van der Waals surface area contributed by atoms with E-state index in [1.54, 1.807) is 0 Å². The van der Waals surface area contributed by atoms with E-state index in [0.29, 0.717) is 6.04 Å². The maximum Gasteiger partial charge on any atom is 0.209 e. The first-order chi connectivity index (χ1) is 8.81. The summed E-state index contributed by atoms with van der Waals surface area (Å²) < 4.78 is 0. The number of piperidine rings is 2. The zero-order chi connectivity index (χ0) is 13.2. The van der Waals surface area contributed by atoms with Gasteiger partial charge in [0.15, 0.2) is 0 Å². The minimum atomic E-state index is 0.495. The molecule has 0 aliphatic carbocycles. The van der Waals surface area contributed by atoms with Crippen LogP contribution in [0.3, 0.4) is 0 Å². The van der Waals surface area contributed by atoms with Gasteiger partial charge in [-0.1, -0.05) is 26.7 Å². The number of nitrogens with zero attached hydrogens (tertiary/aromatic N) is 2. The molecule has 0 N–H and O–H groups in total. The van der Waals surface area contributed by atoms with Crippen LogP contribution in [0.1, 0.15) is 58.8 Å². The highest BCUT2D eigenvalue weighted by atomic mass is 16.1. The molecule has 0 aromatic heterocycles. The first kappa shape index (κ1) is 15.5. The Balaban J connectivity index is 0.000000492. The lowest BCUT2D eigenvalue weighted by Crippen LogP contribution is -2.47. The lowest BCUT2D eigenvalue weighted by Gasteiger charge is -2.37. The normalized spacial score (nSPS) is 25.2. The standard InChI is InChI=1S/C12H22N2O.C3H8/c15-11-14-9-5-2-6-12(14)10-13-7-3-1-4-8-13;1-3-2/h11-12H,1-10H2;3H2,1-2H3. The van der Waals surface area contributed by atoms with Crippen LogP contribution in [0, 0.1) is 0 Å². The number of carbonyl (C=O) groups excluding carboxylic acids is 1. The maximum atomic E-state index is 10.9. The predicted octanol–water partition coefficient (Wildman–Crippen LogP) is 2.90. The van der Waals surface area contributed by atoms with Crippen molar-refractivity contribution >= 4 is 6.41 Å². The van der Waals surface area contributed by atoms with Crippen LogP contribution in [0.4, 0.5) is 0 Å². The number of hydrogen-bond acceptors (Lipinski definition) is 2. The summed E-state index contributed by atoms with van der Waals surface area (Å²) in [6, 6.07) is 0.495. The monoisotopic (exact) mass is 254 g/mol. The molecule has 1 unspecified atom stereocenters. The third-order valence-electron chi connectivity index (χ3n) is 3.73. The molecule has 18 heavy (non-hydrogen) atoms. The molecule has 3 heteroatoms. The second-order valence-electron chi connectivity index (χ2n) is 5.56. The maximum absolute atomic E-state index is 10.9. The molecule has 2 aliphatic heterocycles. The minimum absolute atomic E-state index is 0.495. The van der Waals surface area contributed by atoms with Crippen molar-refractivity contribution in [2.75, 3.05) is 26.2 Å². The molecule has 0 bridgehead atoms. The van der Waals surface area contributed by atoms with Gasteiger partial charge in [0.2, 0.25) is 6.41 Å². The second-order valence-corrected chi connectivity index (χ2v) is 5.56. The number of carbonyl (C=O) groups is 1. The van der Waals surface area contributed by atoms with Crippen molar-refractivity contribution in [1.29, 1.82) is 0 Å². The van der Waals surface area contributed by atoms with Crippen molar-refractivity contribution in [3.8, 4) is 0 Å². The Kier molecular flexibility index (Phi) is 8.06. The lowest BCUT2D eigenvalue weighted by atomic mass is 10.0. The van der Waals surface area contributed by atoms with E-state index in [2.05, 4.69) is 18.7 Å². The predicted molar refractivity (Wildman–Crippen MR) is 76.7 cm³/mol. The molecule has 0 aromatic carbocycles. The second kappa shape index (κ2) is 9.37. The van der Waals surface area contributed by atoms with Crippen molar-refractivity contribution in [1.82, 2.24) is 9.80 Å². The van der Waals surface area contributed by atoms with Crippen LogP contribution in [-0.2, 0) is 4.79 Å². The van der Waals surface area contributed by atoms with Crippen molar-refractivity contribution in [3.63, 3.8) is 0 Å². The molecule has 0 aromatic rings. The lowest BCUT2D eigenvalue weighted by molar-refractivity contribution is -0.121. The van der Waals surface area contributed by atoms with Crippen LogP contribution in [0.15, 0.2) is 0 Å². The number of rotatable bonds is 3. The van der Waals surface area contributed by atoms with Gasteiger partial charge >= 0.3 is 0 Å². The molecule has 2 rings (SSSR count). The van der Waals surface area contributed by atoms with E-state index in [0.717, 1.165) is 19.5 Å². The van der Waals surface area contributed by atoms with Gasteiger partial charge in [-0.15, -0.1) is 0 Å². The first-order valence-electron chi connectivity index (χ1n) is 7.75. The fourth-order valence-corrected chi connectivity index (χ4v) is 2.80. The molecule has 2 aliphatic rings. The van der Waals surface area contributed by atoms with Crippen LogP contribution in [0.2, 0.25) is 0 Å². The smallest absolute Gasteiger partial charge is 0.209 e. The fraction of sp³-hybridized carbons (Fsp3) is 0.933. The molecule has 0 spiro atoms. The summed E-state index contributed by atoms with van der Waals surface area (Å²) >= 11 is 0. The van der Waals surface area contributed by atoms with Crippen LogP contribution < -0.4 is 0 Å². The quantitative estimate of drug-likeness (QED) is 0.723. The van der Waals surface area contributed by atoms with Crippen molar-refractivity contribution in [2.24, 2.45) is 0 Å². The molecular weight excluding hydrogens is 224 g/mol. The Bertz CT molecular complexity index is 215. The van der Waals surface area contributed by atoms with E-state index in [1.165, 1.54) is 58.0 Å². The number of likely N-dealkylation sites (tertiary alicyclic amines) is 2. The summed E-state index contributed by atoms with van der Waals surface area (Å²) in [7, 11) is 0. The molecule has 2 heterocycles. The molecule has 3 nitrogen and oxygen atoms in total. The summed E-state index contributed by atoms with van der Waals surface area (Å²) in [5, 5.41) is 0. The van der Waals surface area contributed by atoms with Crippen molar-refractivity contribution < 1.29 is 4.79 Å². The van der Waals surface area contributed by atoms with Gasteiger partial charge < -0.3 is 9.80 Å². The average Bonchev–Trinajstić information content (AvgIpc) is 2.41. The summed E-state index contributed by atoms with van der Waals surface area (Å²) in [6.45, 7) is 8.81. The van der Waals surface area contributed by atoms with E-state index in [-0.39, 0.29) is 0 Å². The van der Waals surface area contributed by atoms with Crippen LogP contribution in [0.25, 0.3) is 0 Å². The SMILES string of the molecule is CCC.O=CN1CCCCC1CN1CCCCC1. The highest BCUT2D eigenvalue weighted by molar-refractivity contribution is 5.48. The van der Waals surface area contributed by atoms with E-state index in [9.17, 15) is 4.79 Å². The van der Waals surface area contributed by atoms with Gasteiger partial charge in [0.25, 0.3) is 0 Å². The van der Waals surface area contributed by atoms with Gasteiger partial charge in [-0.25, -0.2) is 0 Å². The first-order valence-corrected chi connectivity index (χ1v) is 7.75. The molecule has 106 valence electrons. The summed E-state index contributed by atoms with van der Waals surface area (Å²) in [6.07, 6.45) is 10.1. The highest BCUT2D eigenvalue weighted by Gasteiger charge is 2.23. The largest absolute Gasteiger partial charge is 0.341 e. The highest BCUT2D eigenvalue weighted by Crippen LogP contribution is 2.18. The third-order valence-corrected chi connectivity index (χ3v) is 3.73. The van der Waals surface area contributed by atoms with E-state index >= 15 is 0 Å². The Morgan fingerprint density at radius 1 is 1.00 bits per heavy atom. The van der Waals surface area contributed by atoms with Crippen LogP contribution in [0.5, 0.6) is 0 Å². The van der Waals surface area contributed by atoms with Gasteiger partial charge in [0.1, 0.15) is 0 Å². The van der Waals surface area contributed by atoms with Gasteiger partial charge in [0.05, 0.1) is 0 Å². The molecule has 2 saturated heterocycles. The Morgan fingerprint density at radius 2 is 1.61 bits per heavy atom. The number of amides is 1. The van der Waals surface area contributed by atoms with E-state index in [4.69, 9.17) is 0 Å². The van der Waals surface area contributed by atoms with E-state index in [1.807, 2.05) is 4.90 Å². The molecule has 1 atom stereocenters. The minimum Gasteiger partial charge on any atom is -0.341 e. The molecule has 0 radical (unpaired) electrons. The summed E-state index contributed by atoms with van der Waals surface area (Å²) in [4.78, 5) is 15.5. The van der Waals surface area contributed by atoms with E-state index < -0.39 is 0 Å². The third kappa shape index (κ3) is 5.38. The van der Waals surface area contributed by atoms with Gasteiger partial charge in [-0.2, -0.15) is 0 Å². The number of hydrogen-bond donors (Lipinski definition) is 0. The fourth-order valence-electron chi connectivity index (χ4n) is 2.80. The molecule has 1 amide bonds. The van der Waals surface area contributed by atoms with Gasteiger partial charge in [-0.05, 0) is 45.2 Å². The Morgan fingerprint density at radius 3 is 2.22 bits per heavy atom.